The van der Waals surface area contributed by atoms with Crippen molar-refractivity contribution >= 4 is 5.96 Å². The van der Waals surface area contributed by atoms with Crippen molar-refractivity contribution in [3.8, 4) is 17.2 Å². The van der Waals surface area contributed by atoms with Crippen LogP contribution in [0.25, 0.3) is 0 Å². The summed E-state index contributed by atoms with van der Waals surface area (Å²) >= 11 is 0. The maximum absolute atomic E-state index is 5.41. The van der Waals surface area contributed by atoms with E-state index in [1.165, 1.54) is 0 Å². The predicted octanol–water partition coefficient (Wildman–Crippen LogP) is 1.49. The molecule has 8 nitrogen and oxygen atoms in total. The van der Waals surface area contributed by atoms with Gasteiger partial charge in [0.2, 0.25) is 5.75 Å². The zero-order valence-corrected chi connectivity index (χ0v) is 17.5. The number of guanidine groups is 1. The summed E-state index contributed by atoms with van der Waals surface area (Å²) in [6, 6.07) is 3.85. The summed E-state index contributed by atoms with van der Waals surface area (Å²) in [5, 5.41) is 6.69. The Hall–Kier alpha value is -2.19. The molecule has 0 bridgehead atoms. The van der Waals surface area contributed by atoms with Crippen LogP contribution < -0.4 is 24.8 Å². The lowest BCUT2D eigenvalue weighted by Crippen LogP contribution is -2.40. The zero-order valence-electron chi connectivity index (χ0n) is 17.5. The third kappa shape index (κ3) is 6.76. The molecule has 0 saturated carbocycles. The molecule has 1 aromatic carbocycles. The smallest absolute Gasteiger partial charge is 0.203 e. The summed E-state index contributed by atoms with van der Waals surface area (Å²) in [4.78, 5) is 7.12. The van der Waals surface area contributed by atoms with Crippen molar-refractivity contribution < 1.29 is 18.9 Å². The lowest BCUT2D eigenvalue weighted by atomic mass is 10.2. The minimum Gasteiger partial charge on any atom is -0.493 e. The number of ether oxygens (including phenoxy) is 4. The molecule has 28 heavy (non-hydrogen) atoms. The lowest BCUT2D eigenvalue weighted by molar-refractivity contribution is 0.0376. The van der Waals surface area contributed by atoms with Crippen LogP contribution >= 0.6 is 0 Å². The minimum absolute atomic E-state index is 0.509. The van der Waals surface area contributed by atoms with Crippen LogP contribution in [0.15, 0.2) is 17.1 Å². The molecule has 0 aliphatic carbocycles. The largest absolute Gasteiger partial charge is 0.493 e. The number of aliphatic imine (C=N–C) groups is 1. The minimum atomic E-state index is 0.509. The van der Waals surface area contributed by atoms with Crippen molar-refractivity contribution in [1.82, 2.24) is 15.5 Å². The molecule has 0 aromatic heterocycles. The molecule has 1 saturated heterocycles. The quantitative estimate of drug-likeness (QED) is 0.354. The van der Waals surface area contributed by atoms with E-state index < -0.39 is 0 Å². The van der Waals surface area contributed by atoms with Gasteiger partial charge in [0.15, 0.2) is 17.5 Å². The van der Waals surface area contributed by atoms with Crippen LogP contribution in [0.4, 0.5) is 0 Å². The van der Waals surface area contributed by atoms with Gasteiger partial charge in [-0.2, -0.15) is 0 Å². The van der Waals surface area contributed by atoms with E-state index in [2.05, 4.69) is 27.4 Å². The Kier molecular flexibility index (Phi) is 9.71. The number of hydrogen-bond acceptors (Lipinski definition) is 6. The highest BCUT2D eigenvalue weighted by molar-refractivity contribution is 5.79. The van der Waals surface area contributed by atoms with Gasteiger partial charge in [0.1, 0.15) is 0 Å². The Bertz CT molecular complexity index is 593. The monoisotopic (exact) mass is 394 g/mol. The Morgan fingerprint density at radius 1 is 1.07 bits per heavy atom. The molecule has 0 unspecified atom stereocenters. The molecule has 2 N–H and O–H groups in total. The number of nitrogens with zero attached hydrogens (tertiary/aromatic N) is 2. The van der Waals surface area contributed by atoms with E-state index in [4.69, 9.17) is 18.9 Å². The van der Waals surface area contributed by atoms with Crippen LogP contribution in [0.3, 0.4) is 0 Å². The van der Waals surface area contributed by atoms with E-state index in [1.54, 1.807) is 21.3 Å². The lowest BCUT2D eigenvalue weighted by Gasteiger charge is -2.26. The third-order valence-corrected chi connectivity index (χ3v) is 4.54. The Morgan fingerprint density at radius 2 is 1.75 bits per heavy atom. The van der Waals surface area contributed by atoms with Gasteiger partial charge in [-0.25, -0.2) is 4.99 Å². The number of rotatable bonds is 10. The number of benzene rings is 1. The van der Waals surface area contributed by atoms with E-state index in [9.17, 15) is 0 Å². The van der Waals surface area contributed by atoms with Crippen molar-refractivity contribution in [3.63, 3.8) is 0 Å². The molecule has 1 aliphatic heterocycles. The fourth-order valence-corrected chi connectivity index (χ4v) is 3.07. The second-order valence-electron chi connectivity index (χ2n) is 6.46. The van der Waals surface area contributed by atoms with Gasteiger partial charge in [0.05, 0.1) is 41.1 Å². The van der Waals surface area contributed by atoms with Crippen LogP contribution in [0.5, 0.6) is 17.2 Å². The van der Waals surface area contributed by atoms with Crippen molar-refractivity contribution in [2.24, 2.45) is 4.99 Å². The molecule has 158 valence electrons. The molecule has 0 amide bonds. The SMILES string of the molecule is CCNC(=NCc1cc(OC)c(OC)c(OC)c1)NCCCN1CCOCC1. The van der Waals surface area contributed by atoms with Crippen LogP contribution in [-0.2, 0) is 11.3 Å². The Balaban J connectivity index is 1.92. The van der Waals surface area contributed by atoms with Gasteiger partial charge in [0.25, 0.3) is 0 Å². The normalized spacial score (nSPS) is 15.2. The van der Waals surface area contributed by atoms with Crippen LogP contribution in [0.2, 0.25) is 0 Å². The van der Waals surface area contributed by atoms with Crippen molar-refractivity contribution in [2.75, 3.05) is 67.3 Å². The Morgan fingerprint density at radius 3 is 2.32 bits per heavy atom. The van der Waals surface area contributed by atoms with E-state index in [0.29, 0.717) is 23.8 Å². The molecule has 8 heteroatoms. The van der Waals surface area contributed by atoms with Crippen molar-refractivity contribution in [2.45, 2.75) is 19.9 Å². The second-order valence-corrected chi connectivity index (χ2v) is 6.46. The summed E-state index contributed by atoms with van der Waals surface area (Å²) in [6.45, 7) is 9.05. The van der Waals surface area contributed by atoms with Gasteiger partial charge < -0.3 is 29.6 Å². The van der Waals surface area contributed by atoms with Crippen LogP contribution in [0.1, 0.15) is 18.9 Å². The maximum atomic E-state index is 5.41. The highest BCUT2D eigenvalue weighted by atomic mass is 16.5. The van der Waals surface area contributed by atoms with E-state index in [0.717, 1.165) is 63.9 Å². The highest BCUT2D eigenvalue weighted by Gasteiger charge is 2.13. The second kappa shape index (κ2) is 12.3. The van der Waals surface area contributed by atoms with E-state index >= 15 is 0 Å². The number of hydrogen-bond donors (Lipinski definition) is 2. The summed E-state index contributed by atoms with van der Waals surface area (Å²) in [5.41, 5.74) is 0.986. The van der Waals surface area contributed by atoms with Crippen molar-refractivity contribution in [3.05, 3.63) is 17.7 Å². The zero-order chi connectivity index (χ0) is 20.2. The molecule has 1 aromatic rings. The first kappa shape index (κ1) is 22.1. The van der Waals surface area contributed by atoms with Gasteiger partial charge in [-0.05, 0) is 37.6 Å². The first-order valence-electron chi connectivity index (χ1n) is 9.83. The summed E-state index contributed by atoms with van der Waals surface area (Å²) < 4.78 is 21.6. The standard InChI is InChI=1S/C20H34N4O4/c1-5-21-20(22-7-6-8-24-9-11-28-12-10-24)23-15-16-13-17(25-2)19(27-4)18(14-16)26-3/h13-14H,5-12,15H2,1-4H3,(H2,21,22,23). The average Bonchev–Trinajstić information content (AvgIpc) is 2.74. The van der Waals surface area contributed by atoms with Gasteiger partial charge in [-0.15, -0.1) is 0 Å². The topological polar surface area (TPSA) is 76.6 Å². The molecule has 1 fully saturated rings. The molecule has 0 atom stereocenters. The molecular formula is C20H34N4O4. The highest BCUT2D eigenvalue weighted by Crippen LogP contribution is 2.38. The molecule has 1 heterocycles. The van der Waals surface area contributed by atoms with Gasteiger partial charge in [-0.1, -0.05) is 0 Å². The Labute approximate surface area is 168 Å². The fourth-order valence-electron chi connectivity index (χ4n) is 3.07. The van der Waals surface area contributed by atoms with E-state index in [1.807, 2.05) is 12.1 Å². The average molecular weight is 395 g/mol. The molecular weight excluding hydrogens is 360 g/mol. The van der Waals surface area contributed by atoms with Crippen LogP contribution in [0, 0.1) is 0 Å². The van der Waals surface area contributed by atoms with Gasteiger partial charge in [-0.3, -0.25) is 4.90 Å². The number of nitrogens with one attached hydrogen (secondary N) is 2. The molecule has 1 aliphatic rings. The first-order chi connectivity index (χ1) is 13.7. The van der Waals surface area contributed by atoms with Gasteiger partial charge >= 0.3 is 0 Å². The molecule has 0 radical (unpaired) electrons. The first-order valence-corrected chi connectivity index (χ1v) is 9.83. The summed E-state index contributed by atoms with van der Waals surface area (Å²) in [7, 11) is 4.83. The van der Waals surface area contributed by atoms with E-state index in [-0.39, 0.29) is 0 Å². The third-order valence-electron chi connectivity index (χ3n) is 4.54. The molecule has 2 rings (SSSR count). The predicted molar refractivity (Wildman–Crippen MR) is 111 cm³/mol. The van der Waals surface area contributed by atoms with Crippen LogP contribution in [-0.4, -0.2) is 78.1 Å². The number of methoxy groups -OCH3 is 3. The summed E-state index contributed by atoms with van der Waals surface area (Å²) in [5.74, 6) is 2.66. The number of morpholine rings is 1. The van der Waals surface area contributed by atoms with Crippen molar-refractivity contribution in [1.29, 1.82) is 0 Å². The molecule has 0 spiro atoms. The van der Waals surface area contributed by atoms with Gasteiger partial charge in [0, 0.05) is 26.2 Å². The maximum Gasteiger partial charge on any atom is 0.203 e. The fraction of sp³-hybridized carbons (Fsp3) is 0.650. The summed E-state index contributed by atoms with van der Waals surface area (Å²) in [6.07, 6.45) is 1.06.